The van der Waals surface area contributed by atoms with E-state index < -0.39 is 0 Å². The fraction of sp³-hybridized carbons (Fsp3) is 0.429. The van der Waals surface area contributed by atoms with Crippen LogP contribution in [0.3, 0.4) is 0 Å². The van der Waals surface area contributed by atoms with Gasteiger partial charge in [0, 0.05) is 24.2 Å². The minimum absolute atomic E-state index is 0.312. The third-order valence-corrected chi connectivity index (χ3v) is 5.55. The third kappa shape index (κ3) is 3.21. The third-order valence-electron chi connectivity index (χ3n) is 5.55. The summed E-state index contributed by atoms with van der Waals surface area (Å²) in [7, 11) is 0. The first kappa shape index (κ1) is 15.4. The van der Waals surface area contributed by atoms with Crippen LogP contribution in [0.25, 0.3) is 0 Å². The number of aromatic nitrogens is 1. The second-order valence-electron chi connectivity index (χ2n) is 7.11. The topological polar surface area (TPSA) is 42.0 Å². The van der Waals surface area contributed by atoms with Gasteiger partial charge in [0.15, 0.2) is 5.78 Å². The molecule has 0 radical (unpaired) electrons. The molecule has 3 nitrogen and oxygen atoms in total. The molecule has 124 valence electrons. The maximum atomic E-state index is 11.7. The van der Waals surface area contributed by atoms with Crippen molar-refractivity contribution < 1.29 is 4.79 Å². The number of nitrogens with zero attached hydrogens (tertiary/aromatic N) is 1. The predicted octanol–water partition coefficient (Wildman–Crippen LogP) is 4.42. The molecule has 0 amide bonds. The molecule has 2 aliphatic carbocycles. The van der Waals surface area contributed by atoms with Crippen molar-refractivity contribution in [3.8, 4) is 0 Å². The maximum Gasteiger partial charge on any atom is 0.163 e. The second kappa shape index (κ2) is 6.76. The molecule has 0 aliphatic heterocycles. The minimum Gasteiger partial charge on any atom is -0.367 e. The van der Waals surface area contributed by atoms with E-state index in [-0.39, 0.29) is 0 Å². The molecular formula is C21H24N2O. The molecule has 0 bridgehead atoms. The standard InChI is InChI=1S/C21H24N2O/c24-20-12-10-17-14-15(8-11-18(17)20)7-9-16-4-3-5-19(16)23-21-6-1-2-13-22-21/h1-2,6,8,11,13-14,16,19H,3-5,7,9-10,12H2,(H,22,23). The van der Waals surface area contributed by atoms with Crippen molar-refractivity contribution in [2.24, 2.45) is 5.92 Å². The molecule has 2 atom stereocenters. The summed E-state index contributed by atoms with van der Waals surface area (Å²) < 4.78 is 0. The summed E-state index contributed by atoms with van der Waals surface area (Å²) in [6.07, 6.45) is 9.61. The zero-order valence-corrected chi connectivity index (χ0v) is 14.0. The quantitative estimate of drug-likeness (QED) is 0.886. The normalized spacial score (nSPS) is 22.6. The predicted molar refractivity (Wildman–Crippen MR) is 96.4 cm³/mol. The Bertz CT molecular complexity index is 726. The van der Waals surface area contributed by atoms with E-state index in [1.165, 1.54) is 36.8 Å². The van der Waals surface area contributed by atoms with E-state index in [1.54, 1.807) is 0 Å². The van der Waals surface area contributed by atoms with E-state index >= 15 is 0 Å². The van der Waals surface area contributed by atoms with Crippen LogP contribution in [0, 0.1) is 5.92 Å². The van der Waals surface area contributed by atoms with Gasteiger partial charge in [0.2, 0.25) is 0 Å². The van der Waals surface area contributed by atoms with Crippen molar-refractivity contribution in [1.29, 1.82) is 0 Å². The van der Waals surface area contributed by atoms with Gasteiger partial charge in [0.25, 0.3) is 0 Å². The van der Waals surface area contributed by atoms with Gasteiger partial charge in [0.1, 0.15) is 5.82 Å². The van der Waals surface area contributed by atoms with Gasteiger partial charge in [-0.25, -0.2) is 4.98 Å². The number of fused-ring (bicyclic) bond motifs is 1. The Morgan fingerprint density at radius 3 is 2.96 bits per heavy atom. The highest BCUT2D eigenvalue weighted by Gasteiger charge is 2.27. The van der Waals surface area contributed by atoms with Gasteiger partial charge in [-0.2, -0.15) is 0 Å². The van der Waals surface area contributed by atoms with Crippen molar-refractivity contribution in [2.75, 3.05) is 5.32 Å². The Balaban J connectivity index is 1.37. The summed E-state index contributed by atoms with van der Waals surface area (Å²) in [5, 5.41) is 3.62. The largest absolute Gasteiger partial charge is 0.367 e. The summed E-state index contributed by atoms with van der Waals surface area (Å²) in [5.41, 5.74) is 3.59. The number of hydrogen-bond donors (Lipinski definition) is 1. The van der Waals surface area contributed by atoms with Crippen molar-refractivity contribution in [3.05, 3.63) is 59.3 Å². The molecular weight excluding hydrogens is 296 g/mol. The van der Waals surface area contributed by atoms with Crippen molar-refractivity contribution in [2.45, 2.75) is 51.0 Å². The number of aryl methyl sites for hydroxylation is 2. The number of anilines is 1. The van der Waals surface area contributed by atoms with Crippen LogP contribution in [0.5, 0.6) is 0 Å². The van der Waals surface area contributed by atoms with E-state index in [9.17, 15) is 4.79 Å². The molecule has 2 aromatic rings. The second-order valence-corrected chi connectivity index (χ2v) is 7.11. The molecule has 2 unspecified atom stereocenters. The molecule has 1 aromatic carbocycles. The molecule has 1 aromatic heterocycles. The first-order valence-electron chi connectivity index (χ1n) is 9.12. The van der Waals surface area contributed by atoms with E-state index in [0.29, 0.717) is 24.2 Å². The smallest absolute Gasteiger partial charge is 0.163 e. The monoisotopic (exact) mass is 320 g/mol. The maximum absolute atomic E-state index is 11.7. The highest BCUT2D eigenvalue weighted by Crippen LogP contribution is 2.32. The average molecular weight is 320 g/mol. The fourth-order valence-corrected chi connectivity index (χ4v) is 4.23. The van der Waals surface area contributed by atoms with Crippen LogP contribution >= 0.6 is 0 Å². The van der Waals surface area contributed by atoms with Crippen LogP contribution in [0.4, 0.5) is 5.82 Å². The SMILES string of the molecule is O=C1CCc2cc(CCC3CCCC3Nc3ccccn3)ccc21. The Hall–Kier alpha value is -2.16. The van der Waals surface area contributed by atoms with Crippen molar-refractivity contribution in [1.82, 2.24) is 4.98 Å². The van der Waals surface area contributed by atoms with E-state index in [4.69, 9.17) is 0 Å². The molecule has 0 spiro atoms. The molecule has 2 aliphatic rings. The van der Waals surface area contributed by atoms with Crippen molar-refractivity contribution >= 4 is 11.6 Å². The van der Waals surface area contributed by atoms with Crippen LogP contribution in [0.15, 0.2) is 42.6 Å². The zero-order valence-electron chi connectivity index (χ0n) is 14.0. The minimum atomic E-state index is 0.312. The number of hydrogen-bond acceptors (Lipinski definition) is 3. The van der Waals surface area contributed by atoms with Gasteiger partial charge < -0.3 is 5.32 Å². The molecule has 4 rings (SSSR count). The Morgan fingerprint density at radius 1 is 1.12 bits per heavy atom. The van der Waals surface area contributed by atoms with Crippen LogP contribution in [0.1, 0.15) is 53.6 Å². The summed E-state index contributed by atoms with van der Waals surface area (Å²) in [6, 6.07) is 13.0. The number of carbonyl (C=O) groups excluding carboxylic acids is 1. The average Bonchev–Trinajstić information content (AvgIpc) is 3.21. The number of rotatable bonds is 5. The Kier molecular flexibility index (Phi) is 4.33. The number of nitrogens with one attached hydrogen (secondary N) is 1. The molecule has 1 fully saturated rings. The number of benzene rings is 1. The van der Waals surface area contributed by atoms with E-state index in [2.05, 4.69) is 22.4 Å². The van der Waals surface area contributed by atoms with Crippen LogP contribution in [-0.2, 0) is 12.8 Å². The first-order valence-corrected chi connectivity index (χ1v) is 9.12. The number of carbonyl (C=O) groups is 1. The summed E-state index contributed by atoms with van der Waals surface area (Å²) in [6.45, 7) is 0. The molecule has 24 heavy (non-hydrogen) atoms. The molecule has 3 heteroatoms. The zero-order chi connectivity index (χ0) is 16.4. The van der Waals surface area contributed by atoms with Gasteiger partial charge in [-0.15, -0.1) is 0 Å². The van der Waals surface area contributed by atoms with Crippen molar-refractivity contribution in [3.63, 3.8) is 0 Å². The van der Waals surface area contributed by atoms with Gasteiger partial charge in [-0.1, -0.05) is 30.7 Å². The molecule has 1 heterocycles. The lowest BCUT2D eigenvalue weighted by Gasteiger charge is -2.21. The van der Waals surface area contributed by atoms with E-state index in [1.807, 2.05) is 30.5 Å². The molecule has 1 saturated carbocycles. The van der Waals surface area contributed by atoms with Gasteiger partial charge in [-0.3, -0.25) is 4.79 Å². The number of pyridine rings is 1. The number of Topliss-reactive ketones (excluding diaryl/α,β-unsaturated/α-hetero) is 1. The Labute approximate surface area is 143 Å². The van der Waals surface area contributed by atoms with E-state index in [0.717, 1.165) is 24.2 Å². The highest BCUT2D eigenvalue weighted by atomic mass is 16.1. The Morgan fingerprint density at radius 2 is 2.08 bits per heavy atom. The summed E-state index contributed by atoms with van der Waals surface area (Å²) >= 11 is 0. The fourth-order valence-electron chi connectivity index (χ4n) is 4.23. The van der Waals surface area contributed by atoms with Crippen LogP contribution < -0.4 is 5.32 Å². The van der Waals surface area contributed by atoms with Gasteiger partial charge in [-0.05, 0) is 61.3 Å². The summed E-state index contributed by atoms with van der Waals surface area (Å²) in [4.78, 5) is 16.1. The first-order chi connectivity index (χ1) is 11.8. The molecule has 0 saturated heterocycles. The van der Waals surface area contributed by atoms with Crippen LogP contribution in [-0.4, -0.2) is 16.8 Å². The summed E-state index contributed by atoms with van der Waals surface area (Å²) in [5.74, 6) is 2.01. The lowest BCUT2D eigenvalue weighted by atomic mass is 9.93. The highest BCUT2D eigenvalue weighted by molar-refractivity contribution is 6.00. The van der Waals surface area contributed by atoms with Crippen LogP contribution in [0.2, 0.25) is 0 Å². The number of ketones is 1. The van der Waals surface area contributed by atoms with Gasteiger partial charge >= 0.3 is 0 Å². The van der Waals surface area contributed by atoms with Gasteiger partial charge in [0.05, 0.1) is 0 Å². The lowest BCUT2D eigenvalue weighted by Crippen LogP contribution is -2.24. The molecule has 1 N–H and O–H groups in total. The lowest BCUT2D eigenvalue weighted by molar-refractivity contribution is 0.0994.